The van der Waals surface area contributed by atoms with Crippen molar-refractivity contribution in [3.8, 4) is 0 Å². The second kappa shape index (κ2) is 7.01. The van der Waals surface area contributed by atoms with Gasteiger partial charge < -0.3 is 14.4 Å². The van der Waals surface area contributed by atoms with Crippen LogP contribution in [0.25, 0.3) is 0 Å². The van der Waals surface area contributed by atoms with Gasteiger partial charge in [-0.25, -0.2) is 0 Å². The van der Waals surface area contributed by atoms with Crippen LogP contribution in [0, 0.1) is 0 Å². The average molecular weight is 268 g/mol. The van der Waals surface area contributed by atoms with Gasteiger partial charge in [-0.15, -0.1) is 0 Å². The smallest absolute Gasteiger partial charge is 0.232 e. The van der Waals surface area contributed by atoms with E-state index in [-0.39, 0.29) is 18.1 Å². The van der Waals surface area contributed by atoms with Gasteiger partial charge in [0.25, 0.3) is 0 Å². The summed E-state index contributed by atoms with van der Waals surface area (Å²) in [6, 6.07) is 0. The number of ether oxygens (including phenoxy) is 1. The summed E-state index contributed by atoms with van der Waals surface area (Å²) in [4.78, 5) is 4.45. The number of aromatic nitrogens is 2. The third-order valence-electron chi connectivity index (χ3n) is 3.88. The van der Waals surface area contributed by atoms with Crippen LogP contribution in [-0.4, -0.2) is 28.5 Å². The first-order valence-corrected chi connectivity index (χ1v) is 7.30. The molecule has 0 saturated heterocycles. The van der Waals surface area contributed by atoms with Gasteiger partial charge in [-0.3, -0.25) is 0 Å². The van der Waals surface area contributed by atoms with Crippen LogP contribution >= 0.6 is 0 Å². The Bertz CT molecular complexity index is 381. The molecule has 5 heteroatoms. The van der Waals surface area contributed by atoms with E-state index < -0.39 is 0 Å². The lowest BCUT2D eigenvalue weighted by Crippen LogP contribution is -2.17. The summed E-state index contributed by atoms with van der Waals surface area (Å²) < 4.78 is 10.7. The maximum absolute atomic E-state index is 10.2. The molecule has 0 aliphatic heterocycles. The largest absolute Gasteiger partial charge is 0.392 e. The molecule has 2 rings (SSSR count). The first kappa shape index (κ1) is 14.5. The summed E-state index contributed by atoms with van der Waals surface area (Å²) >= 11 is 0. The number of hydrogen-bond donors (Lipinski definition) is 1. The van der Waals surface area contributed by atoms with Gasteiger partial charge in [0.15, 0.2) is 0 Å². The van der Waals surface area contributed by atoms with Crippen molar-refractivity contribution in [1.82, 2.24) is 10.1 Å². The van der Waals surface area contributed by atoms with Gasteiger partial charge in [0.05, 0.1) is 12.0 Å². The molecule has 19 heavy (non-hydrogen) atoms. The minimum atomic E-state index is -0.358. The van der Waals surface area contributed by atoms with Crippen LogP contribution in [0.3, 0.4) is 0 Å². The summed E-state index contributed by atoms with van der Waals surface area (Å²) in [5, 5.41) is 14.2. The lowest BCUT2D eigenvalue weighted by Gasteiger charge is -2.15. The van der Waals surface area contributed by atoms with E-state index in [4.69, 9.17) is 9.26 Å². The van der Waals surface area contributed by atoms with E-state index in [9.17, 15) is 5.11 Å². The Hall–Kier alpha value is -0.940. The number of aliphatic hydroxyl groups excluding tert-OH is 1. The summed E-state index contributed by atoms with van der Waals surface area (Å²) in [5.74, 6) is 1.17. The van der Waals surface area contributed by atoms with E-state index >= 15 is 0 Å². The molecule has 0 aromatic carbocycles. The van der Waals surface area contributed by atoms with Gasteiger partial charge in [0, 0.05) is 7.11 Å². The summed E-state index contributed by atoms with van der Waals surface area (Å²) in [6.07, 6.45) is 6.53. The maximum atomic E-state index is 10.2. The molecular formula is C14H24N2O3. The van der Waals surface area contributed by atoms with Crippen LogP contribution in [0.1, 0.15) is 75.6 Å². The van der Waals surface area contributed by atoms with Crippen LogP contribution < -0.4 is 0 Å². The second-order valence-corrected chi connectivity index (χ2v) is 5.32. The van der Waals surface area contributed by atoms with E-state index in [1.165, 1.54) is 6.42 Å². The zero-order chi connectivity index (χ0) is 13.7. The van der Waals surface area contributed by atoms with Gasteiger partial charge in [-0.1, -0.05) is 37.8 Å². The molecule has 0 amide bonds. The number of hydrogen-bond acceptors (Lipinski definition) is 5. The topological polar surface area (TPSA) is 68.4 Å². The molecule has 1 aromatic heterocycles. The van der Waals surface area contributed by atoms with Crippen molar-refractivity contribution in [2.75, 3.05) is 7.11 Å². The summed E-state index contributed by atoms with van der Waals surface area (Å²) in [7, 11) is 1.66. The van der Waals surface area contributed by atoms with Crippen LogP contribution in [0.5, 0.6) is 0 Å². The predicted molar refractivity (Wildman–Crippen MR) is 70.8 cm³/mol. The molecule has 0 bridgehead atoms. The first-order valence-electron chi connectivity index (χ1n) is 7.30. The third-order valence-corrected chi connectivity index (χ3v) is 3.88. The molecule has 1 aromatic rings. The molecule has 5 nitrogen and oxygen atoms in total. The van der Waals surface area contributed by atoms with Crippen molar-refractivity contribution in [2.45, 2.75) is 70.0 Å². The third kappa shape index (κ3) is 3.54. The molecule has 1 saturated carbocycles. The molecule has 1 aliphatic rings. The van der Waals surface area contributed by atoms with Crippen molar-refractivity contribution in [3.05, 3.63) is 11.7 Å². The second-order valence-electron chi connectivity index (χ2n) is 5.32. The number of aliphatic hydroxyl groups is 1. The van der Waals surface area contributed by atoms with Gasteiger partial charge in [0.2, 0.25) is 11.7 Å². The normalized spacial score (nSPS) is 26.1. The van der Waals surface area contributed by atoms with Crippen LogP contribution in [-0.2, 0) is 4.74 Å². The van der Waals surface area contributed by atoms with E-state index in [1.54, 1.807) is 7.11 Å². The fraction of sp³-hybridized carbons (Fsp3) is 0.857. The average Bonchev–Trinajstić information content (AvgIpc) is 2.79. The van der Waals surface area contributed by atoms with E-state index in [0.717, 1.165) is 38.5 Å². The SMILES string of the molecule is CCCC(OC)c1noc(C2CCCCCC2O)n1. The van der Waals surface area contributed by atoms with Crippen molar-refractivity contribution >= 4 is 0 Å². The van der Waals surface area contributed by atoms with Crippen molar-refractivity contribution in [3.63, 3.8) is 0 Å². The van der Waals surface area contributed by atoms with Crippen LogP contribution in [0.2, 0.25) is 0 Å². The van der Waals surface area contributed by atoms with Crippen molar-refractivity contribution < 1.29 is 14.4 Å². The molecule has 108 valence electrons. The Kier molecular flexibility index (Phi) is 5.34. The molecule has 0 spiro atoms. The molecule has 1 aliphatic carbocycles. The zero-order valence-electron chi connectivity index (χ0n) is 11.8. The summed E-state index contributed by atoms with van der Waals surface area (Å²) in [5.41, 5.74) is 0. The highest BCUT2D eigenvalue weighted by molar-refractivity contribution is 5.00. The Morgan fingerprint density at radius 2 is 2.16 bits per heavy atom. The highest BCUT2D eigenvalue weighted by atomic mass is 16.5. The van der Waals surface area contributed by atoms with Gasteiger partial charge >= 0.3 is 0 Å². The molecule has 3 atom stereocenters. The molecule has 1 N–H and O–H groups in total. The summed E-state index contributed by atoms with van der Waals surface area (Å²) in [6.45, 7) is 2.10. The van der Waals surface area contributed by atoms with E-state index in [1.807, 2.05) is 0 Å². The van der Waals surface area contributed by atoms with Crippen LogP contribution in [0.4, 0.5) is 0 Å². The van der Waals surface area contributed by atoms with Gasteiger partial charge in [-0.05, 0) is 19.3 Å². The quantitative estimate of drug-likeness (QED) is 0.831. The lowest BCUT2D eigenvalue weighted by molar-refractivity contribution is 0.0853. The highest BCUT2D eigenvalue weighted by Crippen LogP contribution is 2.32. The zero-order valence-corrected chi connectivity index (χ0v) is 11.8. The number of methoxy groups -OCH3 is 1. The fourth-order valence-electron chi connectivity index (χ4n) is 2.72. The first-order chi connectivity index (χ1) is 9.26. The fourth-order valence-corrected chi connectivity index (χ4v) is 2.72. The Morgan fingerprint density at radius 3 is 2.89 bits per heavy atom. The van der Waals surface area contributed by atoms with Crippen LogP contribution in [0.15, 0.2) is 4.52 Å². The maximum Gasteiger partial charge on any atom is 0.232 e. The van der Waals surface area contributed by atoms with E-state index in [0.29, 0.717) is 11.7 Å². The minimum Gasteiger partial charge on any atom is -0.392 e. The highest BCUT2D eigenvalue weighted by Gasteiger charge is 2.29. The van der Waals surface area contributed by atoms with Crippen molar-refractivity contribution in [2.24, 2.45) is 0 Å². The Labute approximate surface area is 114 Å². The predicted octanol–water partition coefficient (Wildman–Crippen LogP) is 2.97. The Balaban J connectivity index is 2.10. The van der Waals surface area contributed by atoms with E-state index in [2.05, 4.69) is 17.1 Å². The number of rotatable bonds is 5. The molecule has 3 unspecified atom stereocenters. The molecule has 1 fully saturated rings. The molecule has 0 radical (unpaired) electrons. The monoisotopic (exact) mass is 268 g/mol. The van der Waals surface area contributed by atoms with Crippen molar-refractivity contribution in [1.29, 1.82) is 0 Å². The minimum absolute atomic E-state index is 0.0112. The van der Waals surface area contributed by atoms with Gasteiger partial charge in [-0.2, -0.15) is 4.98 Å². The van der Waals surface area contributed by atoms with Gasteiger partial charge in [0.1, 0.15) is 6.10 Å². The molecule has 1 heterocycles. The number of nitrogens with zero attached hydrogens (tertiary/aromatic N) is 2. The standard InChI is InChI=1S/C14H24N2O3/c1-3-7-12(18-2)13-15-14(19-16-13)10-8-5-4-6-9-11(10)17/h10-12,17H,3-9H2,1-2H3. The Morgan fingerprint density at radius 1 is 1.37 bits per heavy atom. The molecular weight excluding hydrogens is 244 g/mol. The lowest BCUT2D eigenvalue weighted by atomic mass is 9.97.